The van der Waals surface area contributed by atoms with Gasteiger partial charge in [-0.3, -0.25) is 4.79 Å². The lowest BCUT2D eigenvalue weighted by Crippen LogP contribution is -2.41. The van der Waals surface area contributed by atoms with Gasteiger partial charge in [0, 0.05) is 27.2 Å². The predicted octanol–water partition coefficient (Wildman–Crippen LogP) is 2.66. The molecule has 1 atom stereocenters. The van der Waals surface area contributed by atoms with Crippen LogP contribution < -0.4 is 10.6 Å². The van der Waals surface area contributed by atoms with Crippen LogP contribution >= 0.6 is 24.0 Å². The lowest BCUT2D eigenvalue weighted by atomic mass is 10.2. The third kappa shape index (κ3) is 12.4. The zero-order valence-corrected chi connectivity index (χ0v) is 19.2. The Morgan fingerprint density at radius 3 is 2.52 bits per heavy atom. The van der Waals surface area contributed by atoms with Gasteiger partial charge >= 0.3 is 0 Å². The number of rotatable bonds is 10. The van der Waals surface area contributed by atoms with Gasteiger partial charge in [0.05, 0.1) is 13.2 Å². The van der Waals surface area contributed by atoms with Crippen LogP contribution in [0.4, 0.5) is 0 Å². The summed E-state index contributed by atoms with van der Waals surface area (Å²) in [5.74, 6) is 0.874. The topological polar surface area (TPSA) is 66.0 Å². The minimum absolute atomic E-state index is 0. The lowest BCUT2D eigenvalue weighted by molar-refractivity contribution is -0.127. The second kappa shape index (κ2) is 14.4. The van der Waals surface area contributed by atoms with E-state index in [2.05, 4.69) is 41.3 Å². The number of ether oxygens (including phenoxy) is 1. The van der Waals surface area contributed by atoms with E-state index in [0.717, 1.165) is 5.57 Å². The summed E-state index contributed by atoms with van der Waals surface area (Å²) in [6, 6.07) is 10.1. The highest BCUT2D eigenvalue weighted by molar-refractivity contribution is 14.0. The molecular weight excluding hydrogens is 455 g/mol. The molecule has 1 aromatic carbocycles. The van der Waals surface area contributed by atoms with Crippen molar-refractivity contribution in [3.8, 4) is 0 Å². The summed E-state index contributed by atoms with van der Waals surface area (Å²) in [7, 11) is 3.44. The standard InChI is InChI=1S/C20H32N4O2.HI/c1-16(2)11-21-20(23-13-19(25)24(4)5)22-12-17(3)14-26-15-18-9-7-6-8-10-18;/h6-10,17H,1,11-15H2,2-5H3,(H2,21,22,23);1H. The largest absolute Gasteiger partial charge is 0.376 e. The van der Waals surface area contributed by atoms with Gasteiger partial charge in [-0.2, -0.15) is 0 Å². The van der Waals surface area contributed by atoms with E-state index >= 15 is 0 Å². The average molecular weight is 488 g/mol. The molecule has 0 saturated heterocycles. The van der Waals surface area contributed by atoms with Crippen LogP contribution in [-0.2, 0) is 16.1 Å². The first kappa shape index (κ1) is 25.4. The van der Waals surface area contributed by atoms with Crippen LogP contribution in [-0.4, -0.2) is 57.1 Å². The highest BCUT2D eigenvalue weighted by Gasteiger charge is 2.07. The van der Waals surface area contributed by atoms with Crippen LogP contribution in [0.15, 0.2) is 47.5 Å². The first-order chi connectivity index (χ1) is 12.4. The van der Waals surface area contributed by atoms with Crippen molar-refractivity contribution in [3.05, 3.63) is 48.0 Å². The Bertz CT molecular complexity index is 591. The summed E-state index contributed by atoms with van der Waals surface area (Å²) >= 11 is 0. The van der Waals surface area contributed by atoms with Crippen LogP contribution in [0.25, 0.3) is 0 Å². The quantitative estimate of drug-likeness (QED) is 0.230. The summed E-state index contributed by atoms with van der Waals surface area (Å²) in [4.78, 5) is 17.6. The number of carbonyl (C=O) groups excluding carboxylic acids is 1. The fourth-order valence-electron chi connectivity index (χ4n) is 1.98. The number of nitrogens with zero attached hydrogens (tertiary/aromatic N) is 2. The Morgan fingerprint density at radius 1 is 1.26 bits per heavy atom. The molecule has 27 heavy (non-hydrogen) atoms. The van der Waals surface area contributed by atoms with E-state index in [1.807, 2.05) is 25.1 Å². The number of hydrogen-bond donors (Lipinski definition) is 2. The second-order valence-corrected chi connectivity index (χ2v) is 6.75. The van der Waals surface area contributed by atoms with Crippen molar-refractivity contribution in [2.75, 3.05) is 40.3 Å². The van der Waals surface area contributed by atoms with Crippen molar-refractivity contribution in [2.24, 2.45) is 10.9 Å². The number of carbonyl (C=O) groups is 1. The minimum atomic E-state index is -0.0410. The first-order valence-electron chi connectivity index (χ1n) is 8.87. The highest BCUT2D eigenvalue weighted by Crippen LogP contribution is 2.02. The van der Waals surface area contributed by atoms with Gasteiger partial charge < -0.3 is 20.3 Å². The number of guanidine groups is 1. The van der Waals surface area contributed by atoms with Crippen LogP contribution in [0.2, 0.25) is 0 Å². The molecule has 7 heteroatoms. The molecule has 0 radical (unpaired) electrons. The zero-order valence-electron chi connectivity index (χ0n) is 16.8. The van der Waals surface area contributed by atoms with E-state index in [1.54, 1.807) is 14.1 Å². The summed E-state index contributed by atoms with van der Waals surface area (Å²) in [6.07, 6.45) is 0. The summed E-state index contributed by atoms with van der Waals surface area (Å²) in [5.41, 5.74) is 2.16. The molecule has 1 rings (SSSR count). The summed E-state index contributed by atoms with van der Waals surface area (Å²) in [6.45, 7) is 10.6. The molecule has 0 aliphatic carbocycles. The molecule has 0 aliphatic heterocycles. The number of aliphatic imine (C=N–C) groups is 1. The van der Waals surface area contributed by atoms with Gasteiger partial charge in [0.15, 0.2) is 5.96 Å². The minimum Gasteiger partial charge on any atom is -0.376 e. The van der Waals surface area contributed by atoms with Crippen molar-refractivity contribution in [1.82, 2.24) is 15.5 Å². The van der Waals surface area contributed by atoms with Gasteiger partial charge in [-0.15, -0.1) is 24.0 Å². The average Bonchev–Trinajstić information content (AvgIpc) is 2.61. The molecule has 2 N–H and O–H groups in total. The van der Waals surface area contributed by atoms with E-state index in [0.29, 0.717) is 38.2 Å². The van der Waals surface area contributed by atoms with E-state index in [9.17, 15) is 4.79 Å². The molecule has 1 aromatic rings. The maximum atomic E-state index is 11.7. The second-order valence-electron chi connectivity index (χ2n) is 6.75. The van der Waals surface area contributed by atoms with Gasteiger partial charge in [0.2, 0.25) is 5.91 Å². The van der Waals surface area contributed by atoms with E-state index in [4.69, 9.17) is 4.74 Å². The van der Waals surface area contributed by atoms with E-state index in [-0.39, 0.29) is 36.4 Å². The third-order valence-corrected chi connectivity index (χ3v) is 3.56. The molecular formula is C20H33IN4O2. The Balaban J connectivity index is 0.00000676. The lowest BCUT2D eigenvalue weighted by Gasteiger charge is -2.17. The molecule has 6 nitrogen and oxygen atoms in total. The molecule has 1 amide bonds. The van der Waals surface area contributed by atoms with Gasteiger partial charge in [0.1, 0.15) is 6.54 Å². The van der Waals surface area contributed by atoms with Crippen LogP contribution in [0.1, 0.15) is 19.4 Å². The zero-order chi connectivity index (χ0) is 19.4. The molecule has 0 heterocycles. The van der Waals surface area contributed by atoms with Crippen molar-refractivity contribution >= 4 is 35.8 Å². The number of hydrogen-bond acceptors (Lipinski definition) is 3. The van der Waals surface area contributed by atoms with Crippen molar-refractivity contribution in [3.63, 3.8) is 0 Å². The third-order valence-electron chi connectivity index (χ3n) is 3.56. The molecule has 0 aliphatic rings. The van der Waals surface area contributed by atoms with Crippen LogP contribution in [0.3, 0.4) is 0 Å². The molecule has 152 valence electrons. The summed E-state index contributed by atoms with van der Waals surface area (Å²) < 4.78 is 5.77. The normalized spacial score (nSPS) is 11.9. The maximum Gasteiger partial charge on any atom is 0.243 e. The SMILES string of the molecule is C=C(C)CNC(=NCC(=O)N(C)C)NCC(C)COCc1ccccc1.I. The Hall–Kier alpha value is -1.61. The van der Waals surface area contributed by atoms with Gasteiger partial charge in [-0.05, 0) is 18.4 Å². The molecule has 1 unspecified atom stereocenters. The number of amides is 1. The van der Waals surface area contributed by atoms with Gasteiger partial charge in [0.25, 0.3) is 0 Å². The Kier molecular flexibility index (Phi) is 13.6. The number of halogens is 1. The van der Waals surface area contributed by atoms with Crippen molar-refractivity contribution < 1.29 is 9.53 Å². The Labute approximate surface area is 180 Å². The molecule has 0 spiro atoms. The number of benzene rings is 1. The molecule has 0 saturated carbocycles. The monoisotopic (exact) mass is 488 g/mol. The van der Waals surface area contributed by atoms with E-state index in [1.165, 1.54) is 10.5 Å². The van der Waals surface area contributed by atoms with Gasteiger partial charge in [-0.1, -0.05) is 49.4 Å². The fraction of sp³-hybridized carbons (Fsp3) is 0.500. The molecule has 0 aromatic heterocycles. The molecule has 0 fully saturated rings. The predicted molar refractivity (Wildman–Crippen MR) is 122 cm³/mol. The van der Waals surface area contributed by atoms with E-state index < -0.39 is 0 Å². The first-order valence-corrected chi connectivity index (χ1v) is 8.87. The smallest absolute Gasteiger partial charge is 0.243 e. The summed E-state index contributed by atoms with van der Waals surface area (Å²) in [5, 5.41) is 6.44. The van der Waals surface area contributed by atoms with Crippen LogP contribution in [0.5, 0.6) is 0 Å². The number of nitrogens with one attached hydrogen (secondary N) is 2. The van der Waals surface area contributed by atoms with Crippen molar-refractivity contribution in [2.45, 2.75) is 20.5 Å². The van der Waals surface area contributed by atoms with Crippen molar-refractivity contribution in [1.29, 1.82) is 0 Å². The molecule has 0 bridgehead atoms. The number of likely N-dealkylation sites (N-methyl/N-ethyl adjacent to an activating group) is 1. The fourth-order valence-corrected chi connectivity index (χ4v) is 1.98. The maximum absolute atomic E-state index is 11.7. The van der Waals surface area contributed by atoms with Gasteiger partial charge in [-0.25, -0.2) is 4.99 Å². The van der Waals surface area contributed by atoms with Crippen LogP contribution in [0, 0.1) is 5.92 Å². The Morgan fingerprint density at radius 2 is 1.93 bits per heavy atom. The highest BCUT2D eigenvalue weighted by atomic mass is 127.